The molecule has 2 fully saturated rings. The van der Waals surface area contributed by atoms with E-state index in [9.17, 15) is 9.90 Å². The van der Waals surface area contributed by atoms with Gasteiger partial charge >= 0.3 is 5.97 Å². The highest BCUT2D eigenvalue weighted by Crippen LogP contribution is 2.35. The molecule has 0 aliphatic heterocycles. The molecule has 0 amide bonds. The summed E-state index contributed by atoms with van der Waals surface area (Å²) in [6.07, 6.45) is 8.14. The lowest BCUT2D eigenvalue weighted by atomic mass is 9.78. The van der Waals surface area contributed by atoms with Gasteiger partial charge in [0, 0.05) is 12.1 Å². The van der Waals surface area contributed by atoms with E-state index < -0.39 is 5.97 Å². The normalized spacial score (nSPS) is 35.4. The van der Waals surface area contributed by atoms with Gasteiger partial charge in [0.25, 0.3) is 0 Å². The summed E-state index contributed by atoms with van der Waals surface area (Å²) in [5, 5.41) is 9.36. The Kier molecular flexibility index (Phi) is 4.08. The van der Waals surface area contributed by atoms with Crippen molar-refractivity contribution in [3.8, 4) is 0 Å². The van der Waals surface area contributed by atoms with Crippen LogP contribution in [0.2, 0.25) is 0 Å². The molecule has 0 heterocycles. The molecule has 3 unspecified atom stereocenters. The fourth-order valence-electron chi connectivity index (χ4n) is 3.67. The summed E-state index contributed by atoms with van der Waals surface area (Å²) in [5.41, 5.74) is 0. The van der Waals surface area contributed by atoms with Crippen LogP contribution in [0.15, 0.2) is 0 Å². The molecule has 3 nitrogen and oxygen atoms in total. The fourth-order valence-corrected chi connectivity index (χ4v) is 3.67. The Hall–Kier alpha value is -0.570. The highest BCUT2D eigenvalue weighted by molar-refractivity contribution is 5.71. The topological polar surface area (TPSA) is 40.5 Å². The van der Waals surface area contributed by atoms with Gasteiger partial charge < -0.3 is 5.11 Å². The largest absolute Gasteiger partial charge is 0.481 e. The number of rotatable bonds is 3. The van der Waals surface area contributed by atoms with Crippen molar-refractivity contribution in [3.05, 3.63) is 0 Å². The Morgan fingerprint density at radius 2 is 1.82 bits per heavy atom. The fraction of sp³-hybridized carbons (Fsp3) is 0.929. The van der Waals surface area contributed by atoms with E-state index in [1.165, 1.54) is 25.7 Å². The molecule has 0 aromatic carbocycles. The lowest BCUT2D eigenvalue weighted by Gasteiger charge is -2.41. The van der Waals surface area contributed by atoms with E-state index in [0.29, 0.717) is 12.0 Å². The number of aliphatic carboxylic acids is 1. The van der Waals surface area contributed by atoms with Crippen molar-refractivity contribution in [2.75, 3.05) is 7.05 Å². The summed E-state index contributed by atoms with van der Waals surface area (Å²) < 4.78 is 0. The van der Waals surface area contributed by atoms with Gasteiger partial charge in [0.15, 0.2) is 0 Å². The van der Waals surface area contributed by atoms with Crippen LogP contribution in [0, 0.1) is 11.8 Å². The number of nitrogens with zero attached hydrogens (tertiary/aromatic N) is 1. The Morgan fingerprint density at radius 3 is 2.41 bits per heavy atom. The Labute approximate surface area is 104 Å². The summed E-state index contributed by atoms with van der Waals surface area (Å²) in [5.74, 6) is -0.0528. The first-order valence-corrected chi connectivity index (χ1v) is 7.04. The number of hydrogen-bond donors (Lipinski definition) is 1. The Bertz CT molecular complexity index is 273. The summed E-state index contributed by atoms with van der Waals surface area (Å²) >= 11 is 0. The summed E-state index contributed by atoms with van der Waals surface area (Å²) in [7, 11) is 2.15. The maximum atomic E-state index is 11.4. The zero-order valence-corrected chi connectivity index (χ0v) is 11.1. The van der Waals surface area contributed by atoms with E-state index in [4.69, 9.17) is 0 Å². The number of carbonyl (C=O) groups is 1. The molecular weight excluding hydrogens is 214 g/mol. The molecule has 17 heavy (non-hydrogen) atoms. The average molecular weight is 239 g/mol. The maximum absolute atomic E-state index is 11.4. The van der Waals surface area contributed by atoms with Crippen LogP contribution in [0.3, 0.4) is 0 Å². The number of carboxylic acids is 1. The first-order chi connectivity index (χ1) is 8.09. The lowest BCUT2D eigenvalue weighted by molar-refractivity contribution is -0.146. The van der Waals surface area contributed by atoms with E-state index in [-0.39, 0.29) is 12.0 Å². The van der Waals surface area contributed by atoms with Crippen LogP contribution < -0.4 is 0 Å². The molecule has 2 rings (SSSR count). The van der Waals surface area contributed by atoms with Gasteiger partial charge in [-0.15, -0.1) is 0 Å². The van der Waals surface area contributed by atoms with Crippen LogP contribution in [0.4, 0.5) is 0 Å². The maximum Gasteiger partial charge on any atom is 0.308 e. The first kappa shape index (κ1) is 12.9. The third-order valence-corrected chi connectivity index (χ3v) is 4.82. The lowest BCUT2D eigenvalue weighted by Crippen LogP contribution is -2.48. The van der Waals surface area contributed by atoms with Gasteiger partial charge in [0.2, 0.25) is 0 Å². The zero-order chi connectivity index (χ0) is 12.4. The van der Waals surface area contributed by atoms with Crippen LogP contribution in [0.5, 0.6) is 0 Å². The van der Waals surface area contributed by atoms with Crippen molar-refractivity contribution >= 4 is 5.97 Å². The van der Waals surface area contributed by atoms with Crippen molar-refractivity contribution in [1.29, 1.82) is 0 Å². The molecular formula is C14H25NO2. The summed E-state index contributed by atoms with van der Waals surface area (Å²) in [4.78, 5) is 13.8. The van der Waals surface area contributed by atoms with E-state index in [2.05, 4.69) is 18.9 Å². The van der Waals surface area contributed by atoms with E-state index in [1.54, 1.807) is 0 Å². The van der Waals surface area contributed by atoms with Crippen LogP contribution >= 0.6 is 0 Å². The highest BCUT2D eigenvalue weighted by Gasteiger charge is 2.38. The van der Waals surface area contributed by atoms with Crippen LogP contribution in [0.25, 0.3) is 0 Å². The van der Waals surface area contributed by atoms with Crippen LogP contribution in [-0.2, 0) is 4.79 Å². The zero-order valence-electron chi connectivity index (χ0n) is 11.1. The minimum Gasteiger partial charge on any atom is -0.481 e. The molecule has 2 aliphatic rings. The van der Waals surface area contributed by atoms with Crippen LogP contribution in [-0.4, -0.2) is 35.1 Å². The van der Waals surface area contributed by atoms with Crippen molar-refractivity contribution in [2.24, 2.45) is 11.8 Å². The molecule has 3 heteroatoms. The second-order valence-corrected chi connectivity index (χ2v) is 6.03. The SMILES string of the molecule is CC1CCC(C(=O)O)C(N(C)C2CCCC2)C1. The Morgan fingerprint density at radius 1 is 1.18 bits per heavy atom. The molecule has 98 valence electrons. The molecule has 0 spiro atoms. The Balaban J connectivity index is 2.05. The molecule has 0 aromatic rings. The summed E-state index contributed by atoms with van der Waals surface area (Å²) in [6, 6.07) is 0.895. The molecule has 2 saturated carbocycles. The predicted molar refractivity (Wildman–Crippen MR) is 67.9 cm³/mol. The first-order valence-electron chi connectivity index (χ1n) is 7.04. The average Bonchev–Trinajstić information content (AvgIpc) is 2.80. The van der Waals surface area contributed by atoms with Gasteiger partial charge in [-0.2, -0.15) is 0 Å². The quantitative estimate of drug-likeness (QED) is 0.823. The minimum absolute atomic E-state index is 0.142. The molecule has 3 atom stereocenters. The molecule has 1 N–H and O–H groups in total. The van der Waals surface area contributed by atoms with E-state index in [0.717, 1.165) is 19.3 Å². The molecule has 0 aromatic heterocycles. The van der Waals surface area contributed by atoms with E-state index >= 15 is 0 Å². The monoisotopic (exact) mass is 239 g/mol. The smallest absolute Gasteiger partial charge is 0.308 e. The van der Waals surface area contributed by atoms with Crippen molar-refractivity contribution in [1.82, 2.24) is 4.90 Å². The van der Waals surface area contributed by atoms with Gasteiger partial charge in [0.05, 0.1) is 5.92 Å². The third kappa shape index (κ3) is 2.82. The highest BCUT2D eigenvalue weighted by atomic mass is 16.4. The van der Waals surface area contributed by atoms with Gasteiger partial charge in [0.1, 0.15) is 0 Å². The second-order valence-electron chi connectivity index (χ2n) is 6.03. The molecule has 2 aliphatic carbocycles. The van der Waals surface area contributed by atoms with Gasteiger partial charge in [-0.3, -0.25) is 9.69 Å². The van der Waals surface area contributed by atoms with Crippen molar-refractivity contribution in [3.63, 3.8) is 0 Å². The second kappa shape index (κ2) is 5.38. The predicted octanol–water partition coefficient (Wildman–Crippen LogP) is 2.75. The van der Waals surface area contributed by atoms with Gasteiger partial charge in [-0.05, 0) is 45.1 Å². The minimum atomic E-state index is -0.591. The number of carboxylic acid groups (broad SMARTS) is 1. The third-order valence-electron chi connectivity index (χ3n) is 4.82. The van der Waals surface area contributed by atoms with Gasteiger partial charge in [-0.25, -0.2) is 0 Å². The summed E-state index contributed by atoms with van der Waals surface area (Å²) in [6.45, 7) is 2.26. The standard InChI is InChI=1S/C14H25NO2/c1-10-7-8-12(14(16)17)13(9-10)15(2)11-5-3-4-6-11/h10-13H,3-9H2,1-2H3,(H,16,17). The molecule has 0 saturated heterocycles. The molecule has 0 radical (unpaired) electrons. The van der Waals surface area contributed by atoms with Crippen molar-refractivity contribution in [2.45, 2.75) is 64.0 Å². The van der Waals surface area contributed by atoms with Crippen LogP contribution in [0.1, 0.15) is 51.9 Å². The van der Waals surface area contributed by atoms with Crippen molar-refractivity contribution < 1.29 is 9.90 Å². The van der Waals surface area contributed by atoms with Gasteiger partial charge in [-0.1, -0.05) is 19.8 Å². The van der Waals surface area contributed by atoms with E-state index in [1.807, 2.05) is 0 Å². The molecule has 0 bridgehead atoms. The number of hydrogen-bond acceptors (Lipinski definition) is 2.